The van der Waals surface area contributed by atoms with Gasteiger partial charge in [0.25, 0.3) is 0 Å². The van der Waals surface area contributed by atoms with Gasteiger partial charge in [-0.15, -0.1) is 0 Å². The number of hydrogen-bond acceptors (Lipinski definition) is 2. The molecule has 0 saturated carbocycles. The third-order valence-electron chi connectivity index (χ3n) is 2.40. The number of Topliss-reactive ketones (excluding diaryl/α,β-unsaturated/α-hetero) is 1. The normalized spacial score (nSPS) is 12.5. The number of aryl methyl sites for hydroxylation is 1. The second-order valence-electron chi connectivity index (χ2n) is 3.80. The number of carbonyl (C=O) groups is 1. The van der Waals surface area contributed by atoms with Crippen molar-refractivity contribution in [1.29, 1.82) is 0 Å². The Bertz CT molecular complexity index is 320. The van der Waals surface area contributed by atoms with Gasteiger partial charge in [-0.3, -0.25) is 9.78 Å². The number of aromatic nitrogens is 1. The molecule has 0 saturated heterocycles. The molecule has 0 aromatic carbocycles. The minimum atomic E-state index is 0.156. The van der Waals surface area contributed by atoms with E-state index in [0.717, 1.165) is 12.1 Å². The summed E-state index contributed by atoms with van der Waals surface area (Å²) < 4.78 is 0. The summed E-state index contributed by atoms with van der Waals surface area (Å²) in [5.74, 6) is 0.605. The molecule has 1 aromatic rings. The molecule has 0 bridgehead atoms. The third-order valence-corrected chi connectivity index (χ3v) is 2.40. The van der Waals surface area contributed by atoms with Gasteiger partial charge in [0.1, 0.15) is 5.69 Å². The average Bonchev–Trinajstić information content (AvgIpc) is 2.17. The zero-order valence-corrected chi connectivity index (χ0v) is 9.08. The van der Waals surface area contributed by atoms with Crippen molar-refractivity contribution in [3.05, 3.63) is 29.6 Å². The lowest BCUT2D eigenvalue weighted by Crippen LogP contribution is -2.07. The Morgan fingerprint density at radius 3 is 2.79 bits per heavy atom. The van der Waals surface area contributed by atoms with Crippen molar-refractivity contribution in [3.63, 3.8) is 0 Å². The van der Waals surface area contributed by atoms with Gasteiger partial charge in [-0.2, -0.15) is 0 Å². The van der Waals surface area contributed by atoms with Gasteiger partial charge in [0.2, 0.25) is 0 Å². The molecule has 1 rings (SSSR count). The molecule has 1 aromatic heterocycles. The molecule has 1 atom stereocenters. The Labute approximate surface area is 85.4 Å². The van der Waals surface area contributed by atoms with E-state index in [-0.39, 0.29) is 5.78 Å². The second kappa shape index (κ2) is 4.89. The van der Waals surface area contributed by atoms with Gasteiger partial charge in [0.05, 0.1) is 0 Å². The van der Waals surface area contributed by atoms with E-state index in [1.807, 2.05) is 19.1 Å². The highest BCUT2D eigenvalue weighted by molar-refractivity contribution is 5.94. The summed E-state index contributed by atoms with van der Waals surface area (Å²) in [6, 6.07) is 5.57. The summed E-state index contributed by atoms with van der Waals surface area (Å²) in [7, 11) is 0. The Morgan fingerprint density at radius 2 is 2.21 bits per heavy atom. The molecule has 0 amide bonds. The molecular weight excluding hydrogens is 174 g/mol. The molecule has 76 valence electrons. The number of pyridine rings is 1. The summed E-state index contributed by atoms with van der Waals surface area (Å²) in [5.41, 5.74) is 1.50. The van der Waals surface area contributed by atoms with Crippen LogP contribution in [0.5, 0.6) is 0 Å². The maximum absolute atomic E-state index is 11.7. The maximum Gasteiger partial charge on any atom is 0.181 e. The van der Waals surface area contributed by atoms with Gasteiger partial charge in [-0.05, 0) is 25.0 Å². The molecule has 0 aliphatic heterocycles. The van der Waals surface area contributed by atoms with Crippen LogP contribution in [0.2, 0.25) is 0 Å². The molecule has 0 aliphatic carbocycles. The summed E-state index contributed by atoms with van der Waals surface area (Å²) >= 11 is 0. The predicted octanol–water partition coefficient (Wildman–Crippen LogP) is 3.01. The van der Waals surface area contributed by atoms with E-state index < -0.39 is 0 Å². The van der Waals surface area contributed by atoms with E-state index in [0.29, 0.717) is 18.0 Å². The minimum absolute atomic E-state index is 0.156. The van der Waals surface area contributed by atoms with Crippen LogP contribution in [0.15, 0.2) is 18.2 Å². The molecule has 0 fully saturated rings. The summed E-state index contributed by atoms with van der Waals surface area (Å²) in [6.45, 7) is 6.09. The van der Waals surface area contributed by atoms with Crippen LogP contribution in [0.25, 0.3) is 0 Å². The first kappa shape index (κ1) is 10.9. The standard InChI is InChI=1S/C12H17NO/c1-4-9(2)8-12(14)11-7-5-6-10(3)13-11/h5-7,9H,4,8H2,1-3H3. The highest BCUT2D eigenvalue weighted by atomic mass is 16.1. The van der Waals surface area contributed by atoms with Gasteiger partial charge < -0.3 is 0 Å². The third kappa shape index (κ3) is 2.95. The van der Waals surface area contributed by atoms with Gasteiger partial charge >= 0.3 is 0 Å². The maximum atomic E-state index is 11.7. The van der Waals surface area contributed by atoms with Crippen molar-refractivity contribution in [1.82, 2.24) is 4.98 Å². The molecule has 1 unspecified atom stereocenters. The van der Waals surface area contributed by atoms with Crippen LogP contribution in [-0.2, 0) is 0 Å². The number of nitrogens with zero attached hydrogens (tertiary/aromatic N) is 1. The second-order valence-corrected chi connectivity index (χ2v) is 3.80. The van der Waals surface area contributed by atoms with Crippen LogP contribution >= 0.6 is 0 Å². The predicted molar refractivity (Wildman–Crippen MR) is 57.4 cm³/mol. The summed E-state index contributed by atoms with van der Waals surface area (Å²) in [4.78, 5) is 15.9. The highest BCUT2D eigenvalue weighted by Crippen LogP contribution is 2.11. The monoisotopic (exact) mass is 191 g/mol. The van der Waals surface area contributed by atoms with Crippen LogP contribution in [0.1, 0.15) is 42.9 Å². The molecule has 14 heavy (non-hydrogen) atoms. The minimum Gasteiger partial charge on any atom is -0.292 e. The first-order valence-electron chi connectivity index (χ1n) is 5.10. The van der Waals surface area contributed by atoms with Crippen LogP contribution in [-0.4, -0.2) is 10.8 Å². The molecule has 0 aliphatic rings. The van der Waals surface area contributed by atoms with Crippen LogP contribution in [0, 0.1) is 12.8 Å². The van der Waals surface area contributed by atoms with Gasteiger partial charge in [0.15, 0.2) is 5.78 Å². The Hall–Kier alpha value is -1.18. The van der Waals surface area contributed by atoms with Crippen molar-refractivity contribution in [2.45, 2.75) is 33.6 Å². The number of ketones is 1. The van der Waals surface area contributed by atoms with Crippen LogP contribution in [0.3, 0.4) is 0 Å². The van der Waals surface area contributed by atoms with Crippen molar-refractivity contribution in [3.8, 4) is 0 Å². The fourth-order valence-corrected chi connectivity index (χ4v) is 1.26. The molecule has 0 spiro atoms. The zero-order valence-electron chi connectivity index (χ0n) is 9.08. The Morgan fingerprint density at radius 1 is 1.50 bits per heavy atom. The van der Waals surface area contributed by atoms with E-state index in [1.54, 1.807) is 6.07 Å². The Kier molecular flexibility index (Phi) is 3.81. The first-order valence-corrected chi connectivity index (χ1v) is 5.10. The van der Waals surface area contributed by atoms with E-state index in [9.17, 15) is 4.79 Å². The summed E-state index contributed by atoms with van der Waals surface area (Å²) in [5, 5.41) is 0. The first-order chi connectivity index (χ1) is 6.63. The lowest BCUT2D eigenvalue weighted by atomic mass is 10.0. The van der Waals surface area contributed by atoms with Gasteiger partial charge in [-0.25, -0.2) is 0 Å². The summed E-state index contributed by atoms with van der Waals surface area (Å²) in [6.07, 6.45) is 1.64. The van der Waals surface area contributed by atoms with Gasteiger partial charge in [0, 0.05) is 12.1 Å². The van der Waals surface area contributed by atoms with E-state index in [1.165, 1.54) is 0 Å². The number of rotatable bonds is 4. The molecular formula is C12H17NO. The van der Waals surface area contributed by atoms with Crippen molar-refractivity contribution < 1.29 is 4.79 Å². The van der Waals surface area contributed by atoms with Crippen LogP contribution in [0.4, 0.5) is 0 Å². The SMILES string of the molecule is CCC(C)CC(=O)c1cccc(C)n1. The molecule has 2 heteroatoms. The van der Waals surface area contributed by atoms with Crippen molar-refractivity contribution in [2.75, 3.05) is 0 Å². The smallest absolute Gasteiger partial charge is 0.181 e. The molecule has 1 heterocycles. The zero-order chi connectivity index (χ0) is 10.6. The molecule has 0 radical (unpaired) electrons. The lowest BCUT2D eigenvalue weighted by Gasteiger charge is -2.06. The molecule has 2 nitrogen and oxygen atoms in total. The Balaban J connectivity index is 2.70. The van der Waals surface area contributed by atoms with E-state index in [4.69, 9.17) is 0 Å². The van der Waals surface area contributed by atoms with Gasteiger partial charge in [-0.1, -0.05) is 26.3 Å². The quantitative estimate of drug-likeness (QED) is 0.685. The highest BCUT2D eigenvalue weighted by Gasteiger charge is 2.10. The largest absolute Gasteiger partial charge is 0.292 e. The van der Waals surface area contributed by atoms with Crippen molar-refractivity contribution in [2.24, 2.45) is 5.92 Å². The van der Waals surface area contributed by atoms with Crippen molar-refractivity contribution >= 4 is 5.78 Å². The molecule has 0 N–H and O–H groups in total. The fourth-order valence-electron chi connectivity index (χ4n) is 1.26. The lowest BCUT2D eigenvalue weighted by molar-refractivity contribution is 0.0958. The topological polar surface area (TPSA) is 30.0 Å². The fraction of sp³-hybridized carbons (Fsp3) is 0.500. The average molecular weight is 191 g/mol. The van der Waals surface area contributed by atoms with E-state index in [2.05, 4.69) is 18.8 Å². The number of carbonyl (C=O) groups excluding carboxylic acids is 1. The van der Waals surface area contributed by atoms with E-state index >= 15 is 0 Å². The number of hydrogen-bond donors (Lipinski definition) is 0. The van der Waals surface area contributed by atoms with Crippen LogP contribution < -0.4 is 0 Å².